The van der Waals surface area contributed by atoms with Crippen LogP contribution in [0, 0.1) is 4.64 Å². The van der Waals surface area contributed by atoms with Crippen molar-refractivity contribution in [3.05, 3.63) is 40.2 Å². The Hall–Kier alpha value is -1.68. The Morgan fingerprint density at radius 3 is 3.11 bits per heavy atom. The van der Waals surface area contributed by atoms with Crippen LogP contribution in [0.2, 0.25) is 0 Å². The predicted molar refractivity (Wildman–Crippen MR) is 78.1 cm³/mol. The SMILES string of the molecule is CCOc1cccc(-c2nc(=S)c3c([nH]2)CCC3)c1. The summed E-state index contributed by atoms with van der Waals surface area (Å²) in [6.07, 6.45) is 3.29. The number of ether oxygens (including phenoxy) is 1. The largest absolute Gasteiger partial charge is 0.494 e. The minimum atomic E-state index is 0.664. The van der Waals surface area contributed by atoms with Crippen molar-refractivity contribution in [2.24, 2.45) is 0 Å². The second-order valence-electron chi connectivity index (χ2n) is 4.66. The van der Waals surface area contributed by atoms with Crippen LogP contribution >= 0.6 is 12.2 Å². The topological polar surface area (TPSA) is 37.9 Å². The fourth-order valence-corrected chi connectivity index (χ4v) is 2.81. The first-order valence-corrected chi connectivity index (χ1v) is 7.04. The molecule has 0 saturated heterocycles. The summed E-state index contributed by atoms with van der Waals surface area (Å²) in [4.78, 5) is 7.94. The highest BCUT2D eigenvalue weighted by Crippen LogP contribution is 2.26. The zero-order chi connectivity index (χ0) is 13.2. The molecule has 98 valence electrons. The minimum Gasteiger partial charge on any atom is -0.494 e. The zero-order valence-electron chi connectivity index (χ0n) is 10.9. The Bertz CT molecular complexity index is 663. The molecule has 0 aliphatic heterocycles. The van der Waals surface area contributed by atoms with Crippen LogP contribution in [0.15, 0.2) is 24.3 Å². The van der Waals surface area contributed by atoms with E-state index in [0.29, 0.717) is 6.61 Å². The highest BCUT2D eigenvalue weighted by molar-refractivity contribution is 7.71. The van der Waals surface area contributed by atoms with Crippen molar-refractivity contribution in [1.29, 1.82) is 0 Å². The number of rotatable bonds is 3. The number of hydrogen-bond donors (Lipinski definition) is 1. The summed E-state index contributed by atoms with van der Waals surface area (Å²) >= 11 is 5.39. The van der Waals surface area contributed by atoms with E-state index >= 15 is 0 Å². The van der Waals surface area contributed by atoms with E-state index in [2.05, 4.69) is 9.97 Å². The zero-order valence-corrected chi connectivity index (χ0v) is 11.7. The van der Waals surface area contributed by atoms with E-state index in [0.717, 1.165) is 34.6 Å². The lowest BCUT2D eigenvalue weighted by Crippen LogP contribution is -1.98. The third-order valence-electron chi connectivity index (χ3n) is 3.38. The van der Waals surface area contributed by atoms with Crippen LogP contribution < -0.4 is 4.74 Å². The lowest BCUT2D eigenvalue weighted by molar-refractivity contribution is 0.340. The maximum atomic E-state index is 5.52. The van der Waals surface area contributed by atoms with Gasteiger partial charge in [0.2, 0.25) is 0 Å². The second-order valence-corrected chi connectivity index (χ2v) is 5.05. The molecule has 0 bridgehead atoms. The normalized spacial score (nSPS) is 13.3. The maximum absolute atomic E-state index is 5.52. The summed E-state index contributed by atoms with van der Waals surface area (Å²) in [5.74, 6) is 1.70. The van der Waals surface area contributed by atoms with Gasteiger partial charge in [-0.3, -0.25) is 0 Å². The van der Waals surface area contributed by atoms with Gasteiger partial charge in [0.05, 0.1) is 6.61 Å². The van der Waals surface area contributed by atoms with Crippen molar-refractivity contribution in [2.75, 3.05) is 6.61 Å². The smallest absolute Gasteiger partial charge is 0.139 e. The Kier molecular flexibility index (Phi) is 3.34. The number of H-pyrrole nitrogens is 1. The predicted octanol–water partition coefficient (Wildman–Crippen LogP) is 3.69. The first-order chi connectivity index (χ1) is 9.28. The van der Waals surface area contributed by atoms with Crippen LogP contribution in [-0.2, 0) is 12.8 Å². The average molecular weight is 272 g/mol. The van der Waals surface area contributed by atoms with Gasteiger partial charge in [-0.25, -0.2) is 4.98 Å². The average Bonchev–Trinajstić information content (AvgIpc) is 2.88. The molecule has 1 heterocycles. The summed E-state index contributed by atoms with van der Waals surface area (Å²) in [5.41, 5.74) is 3.49. The maximum Gasteiger partial charge on any atom is 0.139 e. The number of aromatic amines is 1. The van der Waals surface area contributed by atoms with Crippen molar-refractivity contribution in [2.45, 2.75) is 26.2 Å². The van der Waals surface area contributed by atoms with Crippen molar-refractivity contribution in [3.63, 3.8) is 0 Å². The summed E-state index contributed by atoms with van der Waals surface area (Å²) < 4.78 is 6.26. The van der Waals surface area contributed by atoms with Crippen molar-refractivity contribution >= 4 is 12.2 Å². The van der Waals surface area contributed by atoms with Gasteiger partial charge in [0.15, 0.2) is 0 Å². The molecular formula is C15H16N2OS. The molecule has 0 radical (unpaired) electrons. The second kappa shape index (κ2) is 5.13. The lowest BCUT2D eigenvalue weighted by atomic mass is 10.2. The summed E-state index contributed by atoms with van der Waals surface area (Å²) in [7, 11) is 0. The first kappa shape index (κ1) is 12.4. The van der Waals surface area contributed by atoms with Crippen molar-refractivity contribution in [3.8, 4) is 17.1 Å². The number of fused-ring (bicyclic) bond motifs is 1. The van der Waals surface area contributed by atoms with E-state index in [1.165, 1.54) is 17.7 Å². The molecule has 1 aliphatic rings. The molecule has 0 fully saturated rings. The van der Waals surface area contributed by atoms with Crippen molar-refractivity contribution < 1.29 is 4.74 Å². The van der Waals surface area contributed by atoms with Crippen molar-refractivity contribution in [1.82, 2.24) is 9.97 Å². The number of benzene rings is 1. The number of nitrogens with one attached hydrogen (secondary N) is 1. The Labute approximate surface area is 117 Å². The standard InChI is InChI=1S/C15H16N2OS/c1-2-18-11-6-3-5-10(9-11)14-16-13-8-4-7-12(13)15(19)17-14/h3,5-6,9H,2,4,7-8H2,1H3,(H,16,17,19). The van der Waals surface area contributed by atoms with Gasteiger partial charge in [-0.15, -0.1) is 0 Å². The van der Waals surface area contributed by atoms with Crippen LogP contribution in [-0.4, -0.2) is 16.6 Å². The fourth-order valence-electron chi connectivity index (χ4n) is 2.49. The molecule has 0 saturated carbocycles. The third-order valence-corrected chi connectivity index (χ3v) is 3.71. The Morgan fingerprint density at radius 1 is 1.37 bits per heavy atom. The van der Waals surface area contributed by atoms with E-state index in [1.54, 1.807) is 0 Å². The number of nitrogens with zero attached hydrogens (tertiary/aromatic N) is 1. The van der Waals surface area contributed by atoms with Gasteiger partial charge >= 0.3 is 0 Å². The molecule has 0 atom stereocenters. The van der Waals surface area contributed by atoms with Gasteiger partial charge in [0.1, 0.15) is 16.2 Å². The van der Waals surface area contributed by atoms with Gasteiger partial charge in [-0.1, -0.05) is 24.4 Å². The van der Waals surface area contributed by atoms with E-state index in [1.807, 2.05) is 31.2 Å². The highest BCUT2D eigenvalue weighted by Gasteiger charge is 2.15. The van der Waals surface area contributed by atoms with E-state index in [4.69, 9.17) is 17.0 Å². The molecule has 3 nitrogen and oxygen atoms in total. The summed E-state index contributed by atoms with van der Waals surface area (Å²) in [6, 6.07) is 7.96. The van der Waals surface area contributed by atoms with Gasteiger partial charge in [-0.05, 0) is 38.3 Å². The van der Waals surface area contributed by atoms with Crippen LogP contribution in [0.4, 0.5) is 0 Å². The van der Waals surface area contributed by atoms with Gasteiger partial charge in [-0.2, -0.15) is 0 Å². The molecule has 1 N–H and O–H groups in total. The molecule has 3 rings (SSSR count). The summed E-state index contributed by atoms with van der Waals surface area (Å²) in [6.45, 7) is 2.64. The van der Waals surface area contributed by atoms with E-state index in [-0.39, 0.29) is 0 Å². The van der Waals surface area contributed by atoms with Crippen LogP contribution in [0.5, 0.6) is 5.75 Å². The monoisotopic (exact) mass is 272 g/mol. The van der Waals surface area contributed by atoms with E-state index < -0.39 is 0 Å². The fraction of sp³-hybridized carbons (Fsp3) is 0.333. The lowest BCUT2D eigenvalue weighted by Gasteiger charge is -2.08. The van der Waals surface area contributed by atoms with Gasteiger partial charge in [0, 0.05) is 16.8 Å². The number of hydrogen-bond acceptors (Lipinski definition) is 3. The molecule has 1 aliphatic carbocycles. The van der Waals surface area contributed by atoms with Gasteiger partial charge < -0.3 is 9.72 Å². The molecule has 19 heavy (non-hydrogen) atoms. The van der Waals surface area contributed by atoms with Crippen LogP contribution in [0.25, 0.3) is 11.4 Å². The van der Waals surface area contributed by atoms with Gasteiger partial charge in [0.25, 0.3) is 0 Å². The number of aromatic nitrogens is 2. The Balaban J connectivity index is 2.05. The minimum absolute atomic E-state index is 0.664. The van der Waals surface area contributed by atoms with E-state index in [9.17, 15) is 0 Å². The van der Waals surface area contributed by atoms with Crippen LogP contribution in [0.3, 0.4) is 0 Å². The Morgan fingerprint density at radius 2 is 2.26 bits per heavy atom. The highest BCUT2D eigenvalue weighted by atomic mass is 32.1. The first-order valence-electron chi connectivity index (χ1n) is 6.63. The molecular weight excluding hydrogens is 256 g/mol. The number of aryl methyl sites for hydroxylation is 1. The molecule has 0 amide bonds. The third kappa shape index (κ3) is 2.40. The molecule has 2 aromatic rings. The van der Waals surface area contributed by atoms with Crippen LogP contribution in [0.1, 0.15) is 24.6 Å². The summed E-state index contributed by atoms with van der Waals surface area (Å²) in [5, 5.41) is 0. The molecule has 1 aromatic heterocycles. The molecule has 4 heteroatoms. The molecule has 0 spiro atoms. The molecule has 1 aromatic carbocycles. The molecule has 0 unspecified atom stereocenters. The quantitative estimate of drug-likeness (QED) is 0.866.